The molecule has 1 aliphatic heterocycles. The van der Waals surface area contributed by atoms with Crippen LogP contribution in [0.2, 0.25) is 0 Å². The first kappa shape index (κ1) is 20.3. The van der Waals surface area contributed by atoms with Crippen molar-refractivity contribution in [3.05, 3.63) is 59.7 Å². The Labute approximate surface area is 171 Å². The molecular formula is C21H21NO8. The van der Waals surface area contributed by atoms with E-state index in [1.54, 1.807) is 0 Å². The lowest BCUT2D eigenvalue weighted by Crippen LogP contribution is -2.64. The SMILES string of the molecule is O=C(N[C@@H]1O[C@H](C(=O)O)[C@@H](O)[C@H](O)[C@@H]1O)OCC1c2ccccc2-c2ccccc21. The summed E-state index contributed by atoms with van der Waals surface area (Å²) in [5, 5.41) is 40.8. The van der Waals surface area contributed by atoms with Crippen LogP contribution >= 0.6 is 0 Å². The molecule has 0 radical (unpaired) electrons. The Hall–Kier alpha value is -2.98. The van der Waals surface area contributed by atoms with Crippen LogP contribution < -0.4 is 5.32 Å². The lowest BCUT2D eigenvalue weighted by Gasteiger charge is -2.38. The van der Waals surface area contributed by atoms with Gasteiger partial charge in [-0.3, -0.25) is 5.32 Å². The Bertz CT molecular complexity index is 918. The molecule has 0 spiro atoms. The van der Waals surface area contributed by atoms with E-state index in [9.17, 15) is 24.9 Å². The second-order valence-electron chi connectivity index (χ2n) is 7.26. The van der Waals surface area contributed by atoms with Crippen LogP contribution in [0.5, 0.6) is 0 Å². The zero-order valence-corrected chi connectivity index (χ0v) is 15.7. The second kappa shape index (κ2) is 8.04. The summed E-state index contributed by atoms with van der Waals surface area (Å²) in [7, 11) is 0. The molecule has 1 aliphatic carbocycles. The van der Waals surface area contributed by atoms with Gasteiger partial charge in [-0.1, -0.05) is 48.5 Å². The number of carboxylic acids is 1. The number of fused-ring (bicyclic) bond motifs is 3. The maximum absolute atomic E-state index is 12.3. The van der Waals surface area contributed by atoms with Gasteiger partial charge >= 0.3 is 12.1 Å². The van der Waals surface area contributed by atoms with E-state index in [1.807, 2.05) is 48.5 Å². The summed E-state index contributed by atoms with van der Waals surface area (Å²) < 4.78 is 10.3. The summed E-state index contributed by atoms with van der Waals surface area (Å²) in [6, 6.07) is 15.6. The van der Waals surface area contributed by atoms with E-state index in [0.29, 0.717) is 0 Å². The molecule has 0 unspecified atom stereocenters. The zero-order valence-electron chi connectivity index (χ0n) is 15.7. The summed E-state index contributed by atoms with van der Waals surface area (Å²) >= 11 is 0. The van der Waals surface area contributed by atoms with Gasteiger partial charge in [0.2, 0.25) is 0 Å². The van der Waals surface area contributed by atoms with Gasteiger partial charge in [0.1, 0.15) is 24.9 Å². The Balaban J connectivity index is 1.44. The summed E-state index contributed by atoms with van der Waals surface area (Å²) in [5.41, 5.74) is 4.17. The highest BCUT2D eigenvalue weighted by Gasteiger charge is 2.47. The maximum atomic E-state index is 12.3. The number of amides is 1. The lowest BCUT2D eigenvalue weighted by atomic mass is 9.98. The quantitative estimate of drug-likeness (QED) is 0.483. The van der Waals surface area contributed by atoms with Crippen LogP contribution in [0, 0.1) is 0 Å². The molecular weight excluding hydrogens is 394 g/mol. The van der Waals surface area contributed by atoms with Crippen LogP contribution in [0.1, 0.15) is 17.0 Å². The first-order valence-electron chi connectivity index (χ1n) is 9.42. The average Bonchev–Trinajstić information content (AvgIpc) is 3.06. The molecule has 0 bridgehead atoms. The van der Waals surface area contributed by atoms with Crippen molar-refractivity contribution in [2.24, 2.45) is 0 Å². The number of aliphatic hydroxyl groups is 3. The molecule has 4 rings (SSSR count). The Morgan fingerprint density at radius 2 is 1.47 bits per heavy atom. The molecule has 5 atom stereocenters. The number of carbonyl (C=O) groups excluding carboxylic acids is 1. The van der Waals surface area contributed by atoms with Crippen LogP contribution in [-0.4, -0.2) is 69.7 Å². The van der Waals surface area contributed by atoms with Crippen LogP contribution in [0.4, 0.5) is 4.79 Å². The second-order valence-corrected chi connectivity index (χ2v) is 7.26. The molecule has 0 saturated carbocycles. The number of carbonyl (C=O) groups is 2. The Morgan fingerprint density at radius 3 is 2.03 bits per heavy atom. The van der Waals surface area contributed by atoms with Gasteiger partial charge in [0, 0.05) is 5.92 Å². The third-order valence-electron chi connectivity index (χ3n) is 5.46. The third-order valence-corrected chi connectivity index (χ3v) is 5.46. The summed E-state index contributed by atoms with van der Waals surface area (Å²) in [6.07, 6.45) is -9.68. The molecule has 30 heavy (non-hydrogen) atoms. The predicted octanol–water partition coefficient (Wildman–Crippen LogP) is 0.417. The van der Waals surface area contributed by atoms with Crippen molar-refractivity contribution in [2.45, 2.75) is 36.6 Å². The standard InChI is InChI=1S/C21H21NO8/c23-15-16(24)18(20(26)27)30-19(17(15)25)22-21(28)29-9-14-12-7-3-1-5-10(12)11-6-2-4-8-13(11)14/h1-8,14-19,23-25H,9H2,(H,22,28)(H,26,27)/t15-,16-,17-,18-,19+/m0/s1. The molecule has 2 aliphatic rings. The van der Waals surface area contributed by atoms with Crippen LogP contribution in [-0.2, 0) is 14.3 Å². The molecule has 1 fully saturated rings. The normalized spacial score (nSPS) is 27.8. The predicted molar refractivity (Wildman–Crippen MR) is 103 cm³/mol. The van der Waals surface area contributed by atoms with E-state index in [2.05, 4.69) is 5.32 Å². The number of benzene rings is 2. The fourth-order valence-corrected chi connectivity index (χ4v) is 3.96. The number of nitrogens with one attached hydrogen (secondary N) is 1. The van der Waals surface area contributed by atoms with Gasteiger partial charge in [0.05, 0.1) is 0 Å². The number of alkyl carbamates (subject to hydrolysis) is 1. The first-order chi connectivity index (χ1) is 14.4. The van der Waals surface area contributed by atoms with E-state index >= 15 is 0 Å². The maximum Gasteiger partial charge on any atom is 0.409 e. The molecule has 9 nitrogen and oxygen atoms in total. The van der Waals surface area contributed by atoms with Crippen molar-refractivity contribution in [1.82, 2.24) is 5.32 Å². The van der Waals surface area contributed by atoms with Crippen molar-refractivity contribution in [1.29, 1.82) is 0 Å². The Kier molecular flexibility index (Phi) is 5.44. The summed E-state index contributed by atoms with van der Waals surface area (Å²) in [6.45, 7) is 0.0101. The fourth-order valence-electron chi connectivity index (χ4n) is 3.96. The van der Waals surface area contributed by atoms with Gasteiger partial charge in [-0.25, -0.2) is 9.59 Å². The minimum atomic E-state index is -1.84. The molecule has 9 heteroatoms. The average molecular weight is 415 g/mol. The lowest BCUT2D eigenvalue weighted by molar-refractivity contribution is -0.232. The van der Waals surface area contributed by atoms with Gasteiger partial charge in [-0.05, 0) is 22.3 Å². The number of hydrogen-bond donors (Lipinski definition) is 5. The highest BCUT2D eigenvalue weighted by Crippen LogP contribution is 2.44. The van der Waals surface area contributed by atoms with Crippen molar-refractivity contribution < 1.29 is 39.5 Å². The summed E-state index contributed by atoms with van der Waals surface area (Å²) in [4.78, 5) is 23.4. The highest BCUT2D eigenvalue weighted by atomic mass is 16.6. The smallest absolute Gasteiger partial charge is 0.409 e. The molecule has 2 aromatic carbocycles. The van der Waals surface area contributed by atoms with E-state index in [4.69, 9.17) is 14.6 Å². The minimum absolute atomic E-state index is 0.0101. The van der Waals surface area contributed by atoms with Crippen LogP contribution in [0.25, 0.3) is 11.1 Å². The fraction of sp³-hybridized carbons (Fsp3) is 0.333. The topological polar surface area (TPSA) is 146 Å². The largest absolute Gasteiger partial charge is 0.479 e. The zero-order chi connectivity index (χ0) is 21.4. The highest BCUT2D eigenvalue weighted by molar-refractivity contribution is 5.79. The van der Waals surface area contributed by atoms with E-state index < -0.39 is 42.7 Å². The number of ether oxygens (including phenoxy) is 2. The number of hydrogen-bond acceptors (Lipinski definition) is 7. The van der Waals surface area contributed by atoms with Crippen LogP contribution in [0.15, 0.2) is 48.5 Å². The van der Waals surface area contributed by atoms with Gasteiger partial charge in [0.15, 0.2) is 12.3 Å². The molecule has 5 N–H and O–H groups in total. The molecule has 1 heterocycles. The van der Waals surface area contributed by atoms with Gasteiger partial charge < -0.3 is 29.9 Å². The van der Waals surface area contributed by atoms with Crippen molar-refractivity contribution in [3.8, 4) is 11.1 Å². The van der Waals surface area contributed by atoms with E-state index in [-0.39, 0.29) is 12.5 Å². The number of carboxylic acid groups (broad SMARTS) is 1. The van der Waals surface area contributed by atoms with Gasteiger partial charge in [0.25, 0.3) is 0 Å². The molecule has 1 amide bonds. The molecule has 1 saturated heterocycles. The van der Waals surface area contributed by atoms with Crippen LogP contribution in [0.3, 0.4) is 0 Å². The van der Waals surface area contributed by atoms with E-state index in [1.165, 1.54) is 0 Å². The number of aliphatic hydroxyl groups excluding tert-OH is 3. The minimum Gasteiger partial charge on any atom is -0.479 e. The summed E-state index contributed by atoms with van der Waals surface area (Å²) in [5.74, 6) is -1.72. The van der Waals surface area contributed by atoms with Gasteiger partial charge in [-0.2, -0.15) is 0 Å². The van der Waals surface area contributed by atoms with Gasteiger partial charge in [-0.15, -0.1) is 0 Å². The Morgan fingerprint density at radius 1 is 0.900 bits per heavy atom. The third kappa shape index (κ3) is 3.52. The molecule has 2 aromatic rings. The number of aliphatic carboxylic acids is 1. The number of rotatable bonds is 4. The molecule has 158 valence electrons. The van der Waals surface area contributed by atoms with Crippen molar-refractivity contribution >= 4 is 12.1 Å². The van der Waals surface area contributed by atoms with E-state index in [0.717, 1.165) is 22.3 Å². The van der Waals surface area contributed by atoms with Crippen molar-refractivity contribution in [2.75, 3.05) is 6.61 Å². The first-order valence-corrected chi connectivity index (χ1v) is 9.42. The molecule has 0 aromatic heterocycles. The monoisotopic (exact) mass is 415 g/mol. The van der Waals surface area contributed by atoms with Crippen molar-refractivity contribution in [3.63, 3.8) is 0 Å².